The van der Waals surface area contributed by atoms with Gasteiger partial charge in [-0.15, -0.1) is 0 Å². The Hall–Kier alpha value is -1.97. The summed E-state index contributed by atoms with van der Waals surface area (Å²) in [6.45, 7) is 0. The molecule has 1 aromatic carbocycles. The standard InChI is InChI=1S/C15H17NO3/c1-16-6-3-10-7-13(19-2)11(8-12(10)16)15(4-5-15)9-14(17)18/h3,6-8H,4-5,9H2,1-2H3,(H,17,18). The Balaban J connectivity index is 2.16. The molecule has 1 aliphatic carbocycles. The summed E-state index contributed by atoms with van der Waals surface area (Å²) in [6, 6.07) is 6.13. The minimum atomic E-state index is -0.744. The molecule has 4 nitrogen and oxygen atoms in total. The molecule has 4 heteroatoms. The minimum Gasteiger partial charge on any atom is -0.496 e. The third-order valence-electron chi connectivity index (χ3n) is 4.12. The monoisotopic (exact) mass is 259 g/mol. The van der Waals surface area contributed by atoms with Gasteiger partial charge in [-0.25, -0.2) is 0 Å². The first-order valence-electron chi connectivity index (χ1n) is 6.41. The number of carbonyl (C=O) groups is 1. The molecule has 1 N–H and O–H groups in total. The Bertz CT molecular complexity index is 653. The van der Waals surface area contributed by atoms with Gasteiger partial charge >= 0.3 is 5.97 Å². The highest BCUT2D eigenvalue weighted by molar-refractivity contribution is 5.84. The van der Waals surface area contributed by atoms with Gasteiger partial charge in [0.15, 0.2) is 0 Å². The number of hydrogen-bond donors (Lipinski definition) is 1. The van der Waals surface area contributed by atoms with Gasteiger partial charge in [-0.1, -0.05) is 0 Å². The van der Waals surface area contributed by atoms with Crippen LogP contribution in [0.3, 0.4) is 0 Å². The maximum absolute atomic E-state index is 11.1. The highest BCUT2D eigenvalue weighted by atomic mass is 16.5. The molecule has 0 radical (unpaired) electrons. The third-order valence-corrected chi connectivity index (χ3v) is 4.12. The maximum Gasteiger partial charge on any atom is 0.304 e. The lowest BCUT2D eigenvalue weighted by molar-refractivity contribution is -0.137. The summed E-state index contributed by atoms with van der Waals surface area (Å²) in [4.78, 5) is 11.1. The van der Waals surface area contributed by atoms with Gasteiger partial charge in [0, 0.05) is 35.1 Å². The molecular formula is C15H17NO3. The Morgan fingerprint density at radius 3 is 2.79 bits per heavy atom. The highest BCUT2D eigenvalue weighted by Crippen LogP contribution is 2.54. The summed E-state index contributed by atoms with van der Waals surface area (Å²) in [6.07, 6.45) is 4.03. The van der Waals surface area contributed by atoms with Crippen molar-refractivity contribution in [3.8, 4) is 5.75 Å². The van der Waals surface area contributed by atoms with Gasteiger partial charge in [-0.3, -0.25) is 4.79 Å². The lowest BCUT2D eigenvalue weighted by Crippen LogP contribution is -2.14. The van der Waals surface area contributed by atoms with Crippen molar-refractivity contribution in [1.29, 1.82) is 0 Å². The lowest BCUT2D eigenvalue weighted by atomic mass is 9.91. The Kier molecular flexibility index (Phi) is 2.55. The molecule has 1 saturated carbocycles. The number of carboxylic acids is 1. The molecule has 0 spiro atoms. The SMILES string of the molecule is COc1cc2ccn(C)c2cc1C1(CC(=O)O)CC1. The number of methoxy groups -OCH3 is 1. The average molecular weight is 259 g/mol. The zero-order chi connectivity index (χ0) is 13.6. The van der Waals surface area contributed by atoms with Crippen LogP contribution in [0.5, 0.6) is 5.75 Å². The molecule has 0 amide bonds. The van der Waals surface area contributed by atoms with E-state index in [4.69, 9.17) is 9.84 Å². The van der Waals surface area contributed by atoms with Crippen molar-refractivity contribution < 1.29 is 14.6 Å². The number of aryl methyl sites for hydroxylation is 1. The second kappa shape index (κ2) is 4.02. The van der Waals surface area contributed by atoms with Gasteiger partial charge in [0.05, 0.1) is 13.5 Å². The minimum absolute atomic E-state index is 0.180. The smallest absolute Gasteiger partial charge is 0.304 e. The number of carboxylic acid groups (broad SMARTS) is 1. The fourth-order valence-corrected chi connectivity index (χ4v) is 2.86. The van der Waals surface area contributed by atoms with Crippen LogP contribution < -0.4 is 4.74 Å². The van der Waals surface area contributed by atoms with E-state index >= 15 is 0 Å². The molecule has 100 valence electrons. The summed E-state index contributed by atoms with van der Waals surface area (Å²) < 4.78 is 7.52. The zero-order valence-electron chi connectivity index (χ0n) is 11.1. The molecular weight excluding hydrogens is 242 g/mol. The van der Waals surface area contributed by atoms with Crippen molar-refractivity contribution in [2.75, 3.05) is 7.11 Å². The van der Waals surface area contributed by atoms with Crippen LogP contribution in [0.15, 0.2) is 24.4 Å². The quantitative estimate of drug-likeness (QED) is 0.918. The van der Waals surface area contributed by atoms with E-state index in [0.717, 1.165) is 35.1 Å². The summed E-state index contributed by atoms with van der Waals surface area (Å²) in [7, 11) is 3.64. The van der Waals surface area contributed by atoms with Gasteiger partial charge < -0.3 is 14.4 Å². The second-order valence-electron chi connectivity index (χ2n) is 5.39. The van der Waals surface area contributed by atoms with Crippen LogP contribution in [0.1, 0.15) is 24.8 Å². The van der Waals surface area contributed by atoms with Gasteiger partial charge in [-0.2, -0.15) is 0 Å². The molecule has 1 aromatic heterocycles. The topological polar surface area (TPSA) is 51.5 Å². The van der Waals surface area contributed by atoms with E-state index in [9.17, 15) is 4.79 Å². The van der Waals surface area contributed by atoms with Crippen molar-refractivity contribution >= 4 is 16.9 Å². The van der Waals surface area contributed by atoms with E-state index in [-0.39, 0.29) is 11.8 Å². The van der Waals surface area contributed by atoms with E-state index < -0.39 is 5.97 Å². The van der Waals surface area contributed by atoms with Crippen molar-refractivity contribution in [2.45, 2.75) is 24.7 Å². The number of hydrogen-bond acceptors (Lipinski definition) is 2. The van der Waals surface area contributed by atoms with E-state index in [1.807, 2.05) is 25.4 Å². The molecule has 0 unspecified atom stereocenters. The van der Waals surface area contributed by atoms with Crippen LogP contribution in [0, 0.1) is 0 Å². The van der Waals surface area contributed by atoms with Crippen LogP contribution in [0.4, 0.5) is 0 Å². The first-order valence-corrected chi connectivity index (χ1v) is 6.41. The summed E-state index contributed by atoms with van der Waals surface area (Å²) in [5.41, 5.74) is 1.93. The van der Waals surface area contributed by atoms with E-state index in [0.29, 0.717) is 0 Å². The molecule has 1 heterocycles. The highest BCUT2D eigenvalue weighted by Gasteiger charge is 2.47. The van der Waals surface area contributed by atoms with Crippen LogP contribution in [0.2, 0.25) is 0 Å². The molecule has 0 bridgehead atoms. The fraction of sp³-hybridized carbons (Fsp3) is 0.400. The van der Waals surface area contributed by atoms with Crippen molar-refractivity contribution in [3.63, 3.8) is 0 Å². The van der Waals surface area contributed by atoms with Crippen LogP contribution in [-0.2, 0) is 17.3 Å². The van der Waals surface area contributed by atoms with Crippen molar-refractivity contribution in [1.82, 2.24) is 4.57 Å². The molecule has 0 saturated heterocycles. The zero-order valence-corrected chi connectivity index (χ0v) is 11.1. The molecule has 2 aromatic rings. The summed E-state index contributed by atoms with van der Waals surface area (Å²) in [5, 5.41) is 10.2. The van der Waals surface area contributed by atoms with Gasteiger partial charge in [0.2, 0.25) is 0 Å². The summed E-state index contributed by atoms with van der Waals surface area (Å²) in [5.74, 6) is 0.0592. The van der Waals surface area contributed by atoms with Crippen LogP contribution in [0.25, 0.3) is 10.9 Å². The molecule has 1 aliphatic rings. The number of nitrogens with zero attached hydrogens (tertiary/aromatic N) is 1. The number of benzene rings is 1. The first-order chi connectivity index (χ1) is 9.05. The largest absolute Gasteiger partial charge is 0.496 e. The molecule has 0 atom stereocenters. The van der Waals surface area contributed by atoms with Crippen molar-refractivity contribution in [2.24, 2.45) is 7.05 Å². The Morgan fingerprint density at radius 2 is 2.21 bits per heavy atom. The van der Waals surface area contributed by atoms with Crippen LogP contribution >= 0.6 is 0 Å². The first kappa shape index (κ1) is 12.1. The number of fused-ring (bicyclic) bond motifs is 1. The third kappa shape index (κ3) is 1.87. The summed E-state index contributed by atoms with van der Waals surface area (Å²) >= 11 is 0. The number of aliphatic carboxylic acids is 1. The average Bonchev–Trinajstić information content (AvgIpc) is 3.05. The predicted octanol–water partition coefficient (Wildman–Crippen LogP) is 2.69. The van der Waals surface area contributed by atoms with Crippen molar-refractivity contribution in [3.05, 3.63) is 30.0 Å². The molecule has 0 aliphatic heterocycles. The molecule has 19 heavy (non-hydrogen) atoms. The van der Waals surface area contributed by atoms with E-state index in [1.54, 1.807) is 7.11 Å². The van der Waals surface area contributed by atoms with Gasteiger partial charge in [0.25, 0.3) is 0 Å². The second-order valence-corrected chi connectivity index (χ2v) is 5.39. The lowest BCUT2D eigenvalue weighted by Gasteiger charge is -2.17. The van der Waals surface area contributed by atoms with Gasteiger partial charge in [0.1, 0.15) is 5.75 Å². The normalized spacial score (nSPS) is 16.5. The predicted molar refractivity (Wildman–Crippen MR) is 72.6 cm³/mol. The Labute approximate surface area is 111 Å². The fourth-order valence-electron chi connectivity index (χ4n) is 2.86. The molecule has 1 fully saturated rings. The van der Waals surface area contributed by atoms with E-state index in [1.165, 1.54) is 0 Å². The number of ether oxygens (including phenoxy) is 1. The number of rotatable bonds is 4. The Morgan fingerprint density at radius 1 is 1.47 bits per heavy atom. The number of aromatic nitrogens is 1. The van der Waals surface area contributed by atoms with Gasteiger partial charge in [-0.05, 0) is 31.0 Å². The van der Waals surface area contributed by atoms with Crippen LogP contribution in [-0.4, -0.2) is 22.8 Å². The molecule has 3 rings (SSSR count). The van der Waals surface area contributed by atoms with E-state index in [2.05, 4.69) is 10.6 Å². The maximum atomic E-state index is 11.1.